The molecule has 1 heterocycles. The van der Waals surface area contributed by atoms with Crippen LogP contribution in [-0.2, 0) is 43.1 Å². The summed E-state index contributed by atoms with van der Waals surface area (Å²) >= 11 is 0. The van der Waals surface area contributed by atoms with E-state index < -0.39 is 6.10 Å². The van der Waals surface area contributed by atoms with E-state index in [-0.39, 0.29) is 17.7 Å². The minimum absolute atomic E-state index is 0.145. The molecule has 248 valence electrons. The topological polar surface area (TPSA) is 97.4 Å². The van der Waals surface area contributed by atoms with E-state index in [0.29, 0.717) is 50.4 Å². The fourth-order valence-corrected chi connectivity index (χ4v) is 5.72. The molecule has 0 saturated heterocycles. The zero-order chi connectivity index (χ0) is 32.3. The number of benzene rings is 2. The molecule has 0 saturated carbocycles. The Balaban J connectivity index is 1.39. The normalized spacial score (nSPS) is 13.1. The second kappa shape index (κ2) is 20.6. The summed E-state index contributed by atoms with van der Waals surface area (Å²) in [4.78, 5) is 36.0. The molecule has 0 amide bonds. The van der Waals surface area contributed by atoms with Crippen LogP contribution < -0.4 is 9.47 Å². The summed E-state index contributed by atoms with van der Waals surface area (Å²) in [5.41, 5.74) is 4.06. The van der Waals surface area contributed by atoms with Crippen LogP contribution in [0.5, 0.6) is 11.5 Å². The fraction of sp³-hybridized carbons (Fsp3) is 0.595. The molecule has 45 heavy (non-hydrogen) atoms. The second-order valence-corrected chi connectivity index (χ2v) is 11.7. The van der Waals surface area contributed by atoms with Gasteiger partial charge >= 0.3 is 11.9 Å². The van der Waals surface area contributed by atoms with Gasteiger partial charge in [-0.3, -0.25) is 9.59 Å². The maximum atomic E-state index is 12.5. The maximum Gasteiger partial charge on any atom is 0.335 e. The van der Waals surface area contributed by atoms with Gasteiger partial charge in [-0.1, -0.05) is 69.7 Å². The van der Waals surface area contributed by atoms with Gasteiger partial charge in [0.2, 0.25) is 0 Å². The third-order valence-corrected chi connectivity index (χ3v) is 8.25. The summed E-state index contributed by atoms with van der Waals surface area (Å²) < 4.78 is 27.8. The van der Waals surface area contributed by atoms with E-state index in [1.165, 1.54) is 19.8 Å². The number of unbranched alkanes of at least 4 members (excludes halogenated alkanes) is 7. The SMILES string of the molecule is CCCc1c(OCCCCCCc2ccccc2CC(OCCCCCCCC(=O)OC)C(=O)OC)ccc2c1OCCC2=O. The number of hydrogen-bond acceptors (Lipinski definition) is 8. The number of methoxy groups -OCH3 is 2. The molecule has 8 heteroatoms. The second-order valence-electron chi connectivity index (χ2n) is 11.7. The van der Waals surface area contributed by atoms with Gasteiger partial charge in [-0.25, -0.2) is 4.79 Å². The Morgan fingerprint density at radius 3 is 2.29 bits per heavy atom. The molecule has 2 aromatic rings. The van der Waals surface area contributed by atoms with E-state index in [9.17, 15) is 14.4 Å². The monoisotopic (exact) mass is 624 g/mol. The average Bonchev–Trinajstić information content (AvgIpc) is 3.06. The summed E-state index contributed by atoms with van der Waals surface area (Å²) in [6, 6.07) is 12.0. The zero-order valence-corrected chi connectivity index (χ0v) is 27.5. The van der Waals surface area contributed by atoms with E-state index in [1.54, 1.807) is 0 Å². The van der Waals surface area contributed by atoms with Crippen LogP contribution in [0.4, 0.5) is 0 Å². The molecule has 8 nitrogen and oxygen atoms in total. The van der Waals surface area contributed by atoms with Crippen LogP contribution in [0, 0.1) is 0 Å². The number of hydrogen-bond donors (Lipinski definition) is 0. The van der Waals surface area contributed by atoms with Crippen molar-refractivity contribution in [2.45, 2.75) is 109 Å². The Morgan fingerprint density at radius 2 is 1.53 bits per heavy atom. The molecule has 0 fully saturated rings. The minimum Gasteiger partial charge on any atom is -0.493 e. The highest BCUT2D eigenvalue weighted by atomic mass is 16.6. The van der Waals surface area contributed by atoms with Crippen LogP contribution in [0.2, 0.25) is 0 Å². The number of aryl methyl sites for hydroxylation is 1. The Bertz CT molecular complexity index is 1210. The van der Waals surface area contributed by atoms with E-state index >= 15 is 0 Å². The molecular weight excluding hydrogens is 572 g/mol. The predicted molar refractivity (Wildman–Crippen MR) is 174 cm³/mol. The molecule has 0 radical (unpaired) electrons. The van der Waals surface area contributed by atoms with E-state index in [1.807, 2.05) is 24.3 Å². The lowest BCUT2D eigenvalue weighted by atomic mass is 9.97. The van der Waals surface area contributed by atoms with Crippen molar-refractivity contribution in [3.8, 4) is 11.5 Å². The van der Waals surface area contributed by atoms with Crippen molar-refractivity contribution in [3.05, 3.63) is 58.7 Å². The standard InChI is InChI=1S/C37H52O8/c1-4-16-31-33(22-21-30-32(38)23-26-45-36(30)31)43-24-15-9-7-10-17-28-18-12-13-19-29(28)27-34(37(40)42-3)44-25-14-8-5-6-11-20-35(39)41-2/h12-13,18-19,21-22,34H,4-11,14-17,20,23-27H2,1-3H3. The van der Waals surface area contributed by atoms with E-state index in [4.69, 9.17) is 18.9 Å². The summed E-state index contributed by atoms with van der Waals surface area (Å²) in [6.45, 7) is 3.69. The van der Waals surface area contributed by atoms with Crippen LogP contribution in [-0.4, -0.2) is 57.9 Å². The van der Waals surface area contributed by atoms with Crippen LogP contribution >= 0.6 is 0 Å². The first kappa shape index (κ1) is 36.1. The van der Waals surface area contributed by atoms with Crippen LogP contribution in [0.15, 0.2) is 36.4 Å². The molecular formula is C37H52O8. The molecule has 1 unspecified atom stereocenters. The van der Waals surface area contributed by atoms with Gasteiger partial charge in [0.15, 0.2) is 11.9 Å². The van der Waals surface area contributed by atoms with Gasteiger partial charge in [0.1, 0.15) is 11.5 Å². The molecule has 1 aliphatic heterocycles. The van der Waals surface area contributed by atoms with Gasteiger partial charge in [0.05, 0.1) is 33.0 Å². The van der Waals surface area contributed by atoms with Crippen molar-refractivity contribution in [3.63, 3.8) is 0 Å². The highest BCUT2D eigenvalue weighted by Gasteiger charge is 2.24. The van der Waals surface area contributed by atoms with Gasteiger partial charge in [0.25, 0.3) is 0 Å². The van der Waals surface area contributed by atoms with Gasteiger partial charge in [0, 0.05) is 31.4 Å². The number of carbonyl (C=O) groups excluding carboxylic acids is 3. The van der Waals surface area contributed by atoms with Crippen molar-refractivity contribution in [1.82, 2.24) is 0 Å². The number of ether oxygens (including phenoxy) is 5. The molecule has 0 aliphatic carbocycles. The summed E-state index contributed by atoms with van der Waals surface area (Å²) in [6.07, 6.45) is 12.3. The van der Waals surface area contributed by atoms with E-state index in [2.05, 4.69) is 23.8 Å². The number of carbonyl (C=O) groups is 3. The molecule has 1 atom stereocenters. The first-order valence-corrected chi connectivity index (χ1v) is 16.8. The van der Waals surface area contributed by atoms with Gasteiger partial charge in [-0.15, -0.1) is 0 Å². The number of fused-ring (bicyclic) bond motifs is 1. The minimum atomic E-state index is -0.627. The third-order valence-electron chi connectivity index (χ3n) is 8.25. The lowest BCUT2D eigenvalue weighted by Crippen LogP contribution is -2.29. The molecule has 1 aliphatic rings. The molecule has 0 spiro atoms. The summed E-state index contributed by atoms with van der Waals surface area (Å²) in [5, 5.41) is 0. The van der Waals surface area contributed by atoms with Gasteiger partial charge < -0.3 is 23.7 Å². The van der Waals surface area contributed by atoms with Crippen molar-refractivity contribution in [1.29, 1.82) is 0 Å². The molecule has 3 rings (SSSR count). The zero-order valence-electron chi connectivity index (χ0n) is 27.5. The molecule has 0 aromatic heterocycles. The van der Waals surface area contributed by atoms with E-state index in [0.717, 1.165) is 93.9 Å². The Kier molecular flexibility index (Phi) is 16.5. The number of ketones is 1. The Labute approximate surface area is 269 Å². The predicted octanol–water partition coefficient (Wildman–Crippen LogP) is 7.40. The molecule has 2 aromatic carbocycles. The van der Waals surface area contributed by atoms with Crippen LogP contribution in [0.1, 0.15) is 111 Å². The lowest BCUT2D eigenvalue weighted by molar-refractivity contribution is -0.154. The number of Topliss-reactive ketones (excluding diaryl/α,β-unsaturated/α-hetero) is 1. The summed E-state index contributed by atoms with van der Waals surface area (Å²) in [7, 11) is 2.82. The maximum absolute atomic E-state index is 12.5. The largest absolute Gasteiger partial charge is 0.493 e. The molecule has 0 bridgehead atoms. The van der Waals surface area contributed by atoms with Gasteiger partial charge in [-0.05, 0) is 61.8 Å². The highest BCUT2D eigenvalue weighted by molar-refractivity contribution is 6.00. The average molecular weight is 625 g/mol. The smallest absolute Gasteiger partial charge is 0.335 e. The van der Waals surface area contributed by atoms with Crippen LogP contribution in [0.25, 0.3) is 0 Å². The number of esters is 2. The van der Waals surface area contributed by atoms with Crippen molar-refractivity contribution in [2.75, 3.05) is 34.0 Å². The number of rotatable bonds is 22. The van der Waals surface area contributed by atoms with Crippen molar-refractivity contribution < 1.29 is 38.1 Å². The van der Waals surface area contributed by atoms with Crippen LogP contribution in [0.3, 0.4) is 0 Å². The third kappa shape index (κ3) is 12.1. The van der Waals surface area contributed by atoms with Crippen molar-refractivity contribution >= 4 is 17.7 Å². The summed E-state index contributed by atoms with van der Waals surface area (Å²) in [5.74, 6) is 1.18. The van der Waals surface area contributed by atoms with Crippen molar-refractivity contribution in [2.24, 2.45) is 0 Å². The highest BCUT2D eigenvalue weighted by Crippen LogP contribution is 2.36. The fourth-order valence-electron chi connectivity index (χ4n) is 5.72. The quantitative estimate of drug-likeness (QED) is 0.0988. The Hall–Kier alpha value is -3.39. The first-order valence-electron chi connectivity index (χ1n) is 16.8. The molecule has 0 N–H and O–H groups in total. The lowest BCUT2D eigenvalue weighted by Gasteiger charge is -2.22. The van der Waals surface area contributed by atoms with Gasteiger partial charge in [-0.2, -0.15) is 0 Å². The first-order chi connectivity index (χ1) is 22.0. The Morgan fingerprint density at radius 1 is 0.822 bits per heavy atom.